The Morgan fingerprint density at radius 1 is 1.06 bits per heavy atom. The Bertz CT molecular complexity index is 1030. The highest BCUT2D eigenvalue weighted by atomic mass is 79.9. The zero-order chi connectivity index (χ0) is 22.6. The zero-order valence-electron chi connectivity index (χ0n) is 17.9. The largest absolute Gasteiger partial charge is 0.343 e. The molecule has 0 aromatic heterocycles. The van der Waals surface area contributed by atoms with Gasteiger partial charge in [-0.1, -0.05) is 35.0 Å². The van der Waals surface area contributed by atoms with E-state index in [0.29, 0.717) is 11.5 Å². The molecule has 0 radical (unpaired) electrons. The molecule has 168 valence electrons. The Kier molecular flexibility index (Phi) is 5.43. The van der Waals surface area contributed by atoms with Crippen molar-refractivity contribution >= 4 is 33.6 Å². The number of likely N-dealkylation sites (N-methyl/N-ethyl adjacent to an activating group) is 1. The molecule has 0 saturated carbocycles. The van der Waals surface area contributed by atoms with Crippen LogP contribution in [0.15, 0.2) is 53.0 Å². The van der Waals surface area contributed by atoms with E-state index >= 15 is 0 Å². The molecular weight excluding hydrogens is 477 g/mol. The van der Waals surface area contributed by atoms with E-state index in [1.807, 2.05) is 12.1 Å². The second-order valence-corrected chi connectivity index (χ2v) is 9.72. The molecular formula is C23H25BrFN5O2. The van der Waals surface area contributed by atoms with Crippen LogP contribution in [0.4, 0.5) is 14.9 Å². The lowest BCUT2D eigenvalue weighted by atomic mass is 10.0. The molecule has 3 heterocycles. The number of carbonyl (C=O) groups is 2. The monoisotopic (exact) mass is 501 g/mol. The van der Waals surface area contributed by atoms with Gasteiger partial charge in [0.2, 0.25) is 0 Å². The Hall–Kier alpha value is -2.49. The topological polar surface area (TPSA) is 59.1 Å². The molecule has 9 heteroatoms. The molecule has 4 unspecified atom stereocenters. The number of imide groups is 1. The minimum absolute atomic E-state index is 0.121. The Balaban J connectivity index is 1.45. The minimum Gasteiger partial charge on any atom is -0.343 e. The number of hydrogen-bond donors (Lipinski definition) is 1. The standard InChI is InChI=1S/C23H25BrFN5O2/c1-14-11-28(18-9-5-16(24)6-10-18)22-26-20-19(29(22)12-14)21(31)30(23(32)27(20)2)13-15-3-7-17(25)8-4-15/h3-10,14,19-20,22,26H,11-13H2,1-2H3. The molecule has 5 rings (SSSR count). The van der Waals surface area contributed by atoms with Crippen molar-refractivity contribution in [2.24, 2.45) is 5.92 Å². The van der Waals surface area contributed by atoms with Crippen LogP contribution >= 0.6 is 15.9 Å². The molecule has 0 aliphatic carbocycles. The fourth-order valence-corrected chi connectivity index (χ4v) is 5.23. The maximum atomic E-state index is 13.6. The minimum atomic E-state index is -0.483. The van der Waals surface area contributed by atoms with Crippen molar-refractivity contribution in [2.45, 2.75) is 32.0 Å². The highest BCUT2D eigenvalue weighted by molar-refractivity contribution is 9.10. The quantitative estimate of drug-likeness (QED) is 0.700. The van der Waals surface area contributed by atoms with Crippen molar-refractivity contribution in [3.8, 4) is 0 Å². The van der Waals surface area contributed by atoms with E-state index in [4.69, 9.17) is 0 Å². The first-order valence-corrected chi connectivity index (χ1v) is 11.5. The molecule has 0 bridgehead atoms. The van der Waals surface area contributed by atoms with Crippen molar-refractivity contribution in [2.75, 3.05) is 25.0 Å². The fraction of sp³-hybridized carbons (Fsp3) is 0.391. The summed E-state index contributed by atoms with van der Waals surface area (Å²) in [6.45, 7) is 3.90. The first-order valence-electron chi connectivity index (χ1n) is 10.7. The van der Waals surface area contributed by atoms with Crippen molar-refractivity contribution in [1.29, 1.82) is 0 Å². The molecule has 3 amide bonds. The number of fused-ring (bicyclic) bond motifs is 3. The van der Waals surface area contributed by atoms with Crippen LogP contribution in [0, 0.1) is 11.7 Å². The predicted molar refractivity (Wildman–Crippen MR) is 122 cm³/mol. The van der Waals surface area contributed by atoms with Gasteiger partial charge in [0.15, 0.2) is 0 Å². The van der Waals surface area contributed by atoms with Gasteiger partial charge in [0.25, 0.3) is 5.91 Å². The molecule has 4 atom stereocenters. The average Bonchev–Trinajstić information content (AvgIpc) is 3.16. The lowest BCUT2D eigenvalue weighted by molar-refractivity contribution is -0.139. The molecule has 0 spiro atoms. The molecule has 3 fully saturated rings. The normalized spacial score (nSPS) is 28.2. The maximum Gasteiger partial charge on any atom is 0.328 e. The van der Waals surface area contributed by atoms with E-state index in [2.05, 4.69) is 50.1 Å². The first kappa shape index (κ1) is 21.4. The second-order valence-electron chi connectivity index (χ2n) is 8.81. The highest BCUT2D eigenvalue weighted by Crippen LogP contribution is 2.35. The predicted octanol–water partition coefficient (Wildman–Crippen LogP) is 3.02. The summed E-state index contributed by atoms with van der Waals surface area (Å²) in [4.78, 5) is 34.0. The molecule has 3 aliphatic rings. The zero-order valence-corrected chi connectivity index (χ0v) is 19.5. The third kappa shape index (κ3) is 3.58. The van der Waals surface area contributed by atoms with Gasteiger partial charge in [-0.15, -0.1) is 0 Å². The van der Waals surface area contributed by atoms with Crippen molar-refractivity contribution < 1.29 is 14.0 Å². The highest BCUT2D eigenvalue weighted by Gasteiger charge is 2.56. The summed E-state index contributed by atoms with van der Waals surface area (Å²) in [5.41, 5.74) is 1.77. The van der Waals surface area contributed by atoms with Crippen LogP contribution < -0.4 is 10.2 Å². The van der Waals surface area contributed by atoms with Gasteiger partial charge in [-0.25, -0.2) is 9.18 Å². The summed E-state index contributed by atoms with van der Waals surface area (Å²) in [6, 6.07) is 13.2. The van der Waals surface area contributed by atoms with E-state index in [9.17, 15) is 14.0 Å². The lowest BCUT2D eigenvalue weighted by Crippen LogP contribution is -2.66. The van der Waals surface area contributed by atoms with Crippen LogP contribution in [-0.4, -0.2) is 65.3 Å². The number of hydrogen-bond acceptors (Lipinski definition) is 5. The van der Waals surface area contributed by atoms with Gasteiger partial charge in [0.1, 0.15) is 24.3 Å². The fourth-order valence-electron chi connectivity index (χ4n) is 4.97. The van der Waals surface area contributed by atoms with Crippen molar-refractivity contribution in [1.82, 2.24) is 20.0 Å². The van der Waals surface area contributed by atoms with Crippen LogP contribution in [-0.2, 0) is 11.3 Å². The van der Waals surface area contributed by atoms with Gasteiger partial charge >= 0.3 is 6.03 Å². The summed E-state index contributed by atoms with van der Waals surface area (Å²) in [5, 5.41) is 3.53. The van der Waals surface area contributed by atoms with Crippen LogP contribution in [0.5, 0.6) is 0 Å². The summed E-state index contributed by atoms with van der Waals surface area (Å²) < 4.78 is 14.3. The number of halogens is 2. The van der Waals surface area contributed by atoms with Crippen LogP contribution in [0.3, 0.4) is 0 Å². The van der Waals surface area contributed by atoms with Crippen LogP contribution in [0.25, 0.3) is 0 Å². The first-order chi connectivity index (χ1) is 15.3. The summed E-state index contributed by atoms with van der Waals surface area (Å²) in [6.07, 6.45) is -0.597. The van der Waals surface area contributed by atoms with Crippen LogP contribution in [0.2, 0.25) is 0 Å². The Morgan fingerprint density at radius 2 is 1.75 bits per heavy atom. The second kappa shape index (κ2) is 8.13. The Labute approximate surface area is 194 Å². The summed E-state index contributed by atoms with van der Waals surface area (Å²) in [7, 11) is 1.73. The molecule has 1 N–H and O–H groups in total. The van der Waals surface area contributed by atoms with E-state index in [0.717, 1.165) is 23.2 Å². The lowest BCUT2D eigenvalue weighted by Gasteiger charge is -2.46. The SMILES string of the molecule is CC1CN(c2ccc(Br)cc2)C2NC3C(C(=O)N(Cc4ccc(F)cc4)C(=O)N3C)N2C1. The number of amides is 3. The van der Waals surface area contributed by atoms with Gasteiger partial charge in [0, 0.05) is 30.3 Å². The van der Waals surface area contributed by atoms with Crippen molar-refractivity contribution in [3.63, 3.8) is 0 Å². The number of urea groups is 1. The number of nitrogens with zero attached hydrogens (tertiary/aromatic N) is 4. The summed E-state index contributed by atoms with van der Waals surface area (Å²) in [5.74, 6) is -0.223. The molecule has 2 aromatic rings. The third-order valence-corrected chi connectivity index (χ3v) is 7.03. The third-order valence-electron chi connectivity index (χ3n) is 6.50. The van der Waals surface area contributed by atoms with Crippen molar-refractivity contribution in [3.05, 3.63) is 64.4 Å². The van der Waals surface area contributed by atoms with E-state index in [1.54, 1.807) is 24.1 Å². The van der Waals surface area contributed by atoms with Gasteiger partial charge in [-0.2, -0.15) is 0 Å². The number of benzene rings is 2. The molecule has 2 aromatic carbocycles. The summed E-state index contributed by atoms with van der Waals surface area (Å²) >= 11 is 3.49. The van der Waals surface area contributed by atoms with Gasteiger partial charge in [-0.3, -0.25) is 19.9 Å². The number of nitrogens with one attached hydrogen (secondary N) is 1. The smallest absolute Gasteiger partial charge is 0.328 e. The number of rotatable bonds is 3. The molecule has 3 saturated heterocycles. The molecule has 7 nitrogen and oxygen atoms in total. The van der Waals surface area contributed by atoms with Crippen LogP contribution in [0.1, 0.15) is 12.5 Å². The van der Waals surface area contributed by atoms with Gasteiger partial charge < -0.3 is 9.80 Å². The number of anilines is 1. The molecule has 3 aliphatic heterocycles. The Morgan fingerprint density at radius 3 is 2.44 bits per heavy atom. The van der Waals surface area contributed by atoms with E-state index in [-0.39, 0.29) is 30.6 Å². The van der Waals surface area contributed by atoms with E-state index < -0.39 is 12.2 Å². The van der Waals surface area contributed by atoms with E-state index in [1.165, 1.54) is 17.0 Å². The molecule has 32 heavy (non-hydrogen) atoms. The number of carbonyl (C=O) groups excluding carboxylic acids is 2. The average molecular weight is 502 g/mol. The van der Waals surface area contributed by atoms with Gasteiger partial charge in [-0.05, 0) is 47.9 Å². The maximum absolute atomic E-state index is 13.6. The van der Waals surface area contributed by atoms with Gasteiger partial charge in [0.05, 0.1) is 6.54 Å².